The zero-order valence-electron chi connectivity index (χ0n) is 9.31. The molecule has 0 radical (unpaired) electrons. The average Bonchev–Trinajstić information content (AvgIpc) is 2.38. The Balaban J connectivity index is 2.16. The first-order chi connectivity index (χ1) is 8.59. The van der Waals surface area contributed by atoms with Crippen molar-refractivity contribution in [3.8, 4) is 0 Å². The van der Waals surface area contributed by atoms with E-state index in [0.29, 0.717) is 5.69 Å². The van der Waals surface area contributed by atoms with Crippen molar-refractivity contribution in [1.82, 2.24) is 19.7 Å². The number of sulfonamides is 1. The van der Waals surface area contributed by atoms with Crippen LogP contribution in [0.4, 0.5) is 5.69 Å². The Labute approximate surface area is 104 Å². The van der Waals surface area contributed by atoms with E-state index in [1.165, 1.54) is 24.8 Å². The molecule has 3 N–H and O–H groups in total. The molecular weight excluding hydrogens is 254 g/mol. The molecule has 18 heavy (non-hydrogen) atoms. The van der Waals surface area contributed by atoms with Crippen molar-refractivity contribution in [2.45, 2.75) is 11.6 Å². The number of pyridine rings is 1. The van der Waals surface area contributed by atoms with Gasteiger partial charge in [0.1, 0.15) is 6.33 Å². The maximum Gasteiger partial charge on any atom is 0.260 e. The van der Waals surface area contributed by atoms with Crippen molar-refractivity contribution < 1.29 is 8.42 Å². The van der Waals surface area contributed by atoms with E-state index >= 15 is 0 Å². The molecule has 2 rings (SSSR count). The molecule has 0 saturated carbocycles. The van der Waals surface area contributed by atoms with Gasteiger partial charge in [0.05, 0.1) is 17.9 Å². The maximum absolute atomic E-state index is 11.9. The van der Waals surface area contributed by atoms with E-state index in [4.69, 9.17) is 5.73 Å². The summed E-state index contributed by atoms with van der Waals surface area (Å²) in [6.45, 7) is 0.0564. The highest BCUT2D eigenvalue weighted by molar-refractivity contribution is 7.89. The van der Waals surface area contributed by atoms with Crippen LogP contribution in [0.15, 0.2) is 41.9 Å². The molecule has 0 spiro atoms. The van der Waals surface area contributed by atoms with E-state index in [1.807, 2.05) is 0 Å². The van der Waals surface area contributed by atoms with Gasteiger partial charge >= 0.3 is 0 Å². The predicted molar refractivity (Wildman–Crippen MR) is 64.7 cm³/mol. The number of anilines is 1. The third kappa shape index (κ3) is 2.79. The van der Waals surface area contributed by atoms with Gasteiger partial charge in [-0.25, -0.2) is 28.1 Å². The lowest BCUT2D eigenvalue weighted by molar-refractivity contribution is 0.577. The van der Waals surface area contributed by atoms with E-state index in [1.54, 1.807) is 12.1 Å². The fourth-order valence-electron chi connectivity index (χ4n) is 1.29. The third-order valence-corrected chi connectivity index (χ3v) is 3.52. The topological polar surface area (TPSA) is 111 Å². The minimum absolute atomic E-state index is 0.0564. The molecule has 0 aliphatic rings. The van der Waals surface area contributed by atoms with Gasteiger partial charge < -0.3 is 5.73 Å². The SMILES string of the molecule is Nc1cccnc1S(=O)(=O)NCc1ccncn1. The Morgan fingerprint density at radius 1 is 1.22 bits per heavy atom. The summed E-state index contributed by atoms with van der Waals surface area (Å²) in [4.78, 5) is 11.4. The zero-order valence-corrected chi connectivity index (χ0v) is 10.1. The van der Waals surface area contributed by atoms with Crippen molar-refractivity contribution in [3.63, 3.8) is 0 Å². The number of rotatable bonds is 4. The number of nitrogens with two attached hydrogens (primary N) is 1. The first kappa shape index (κ1) is 12.4. The van der Waals surface area contributed by atoms with E-state index < -0.39 is 10.0 Å². The van der Waals surface area contributed by atoms with Crippen molar-refractivity contribution in [2.75, 3.05) is 5.73 Å². The lowest BCUT2D eigenvalue weighted by Crippen LogP contribution is -2.25. The number of hydrogen-bond acceptors (Lipinski definition) is 6. The number of nitrogens with one attached hydrogen (secondary N) is 1. The number of aromatic nitrogens is 3. The van der Waals surface area contributed by atoms with Gasteiger partial charge in [-0.1, -0.05) is 0 Å². The fourth-order valence-corrected chi connectivity index (χ4v) is 2.34. The number of nitrogen functional groups attached to an aromatic ring is 1. The standard InChI is InChI=1S/C10H11N5O2S/c11-9-2-1-4-13-10(9)18(16,17)15-6-8-3-5-12-7-14-8/h1-5,7,15H,6,11H2. The molecule has 0 fully saturated rings. The third-order valence-electron chi connectivity index (χ3n) is 2.14. The molecule has 0 aliphatic heterocycles. The van der Waals surface area contributed by atoms with Crippen molar-refractivity contribution in [2.24, 2.45) is 0 Å². The molecule has 2 aromatic heterocycles. The van der Waals surface area contributed by atoms with E-state index in [9.17, 15) is 8.42 Å². The van der Waals surface area contributed by atoms with Gasteiger partial charge in [0, 0.05) is 12.4 Å². The largest absolute Gasteiger partial charge is 0.396 e. The number of hydrogen-bond donors (Lipinski definition) is 2. The summed E-state index contributed by atoms with van der Waals surface area (Å²) in [5, 5.41) is -0.181. The van der Waals surface area contributed by atoms with E-state index in [2.05, 4.69) is 19.7 Å². The van der Waals surface area contributed by atoms with Crippen LogP contribution in [0.3, 0.4) is 0 Å². The molecule has 0 aliphatic carbocycles. The summed E-state index contributed by atoms with van der Waals surface area (Å²) >= 11 is 0. The molecule has 8 heteroatoms. The van der Waals surface area contributed by atoms with E-state index in [-0.39, 0.29) is 17.3 Å². The second-order valence-corrected chi connectivity index (χ2v) is 5.11. The first-order valence-corrected chi connectivity index (χ1v) is 6.53. The molecular formula is C10H11N5O2S. The molecule has 0 unspecified atom stereocenters. The summed E-state index contributed by atoms with van der Waals surface area (Å²) in [6, 6.07) is 4.66. The molecule has 0 bridgehead atoms. The Hall–Kier alpha value is -2.06. The smallest absolute Gasteiger partial charge is 0.260 e. The Bertz CT molecular complexity index is 630. The summed E-state index contributed by atoms with van der Waals surface area (Å²) in [5.74, 6) is 0. The summed E-state index contributed by atoms with van der Waals surface area (Å²) in [7, 11) is -3.74. The summed E-state index contributed by atoms with van der Waals surface area (Å²) < 4.78 is 26.2. The molecule has 2 heterocycles. The van der Waals surface area contributed by atoms with Gasteiger partial charge in [0.15, 0.2) is 5.03 Å². The highest BCUT2D eigenvalue weighted by Gasteiger charge is 2.18. The predicted octanol–water partition coefficient (Wildman–Crippen LogP) is -0.0677. The van der Waals surface area contributed by atoms with Crippen LogP contribution in [0.25, 0.3) is 0 Å². The van der Waals surface area contributed by atoms with E-state index in [0.717, 1.165) is 0 Å². The Morgan fingerprint density at radius 3 is 2.72 bits per heavy atom. The minimum atomic E-state index is -3.74. The van der Waals surface area contributed by atoms with Gasteiger partial charge in [0.2, 0.25) is 0 Å². The van der Waals surface area contributed by atoms with Crippen LogP contribution in [-0.2, 0) is 16.6 Å². The van der Waals surface area contributed by atoms with Crippen molar-refractivity contribution in [3.05, 3.63) is 42.6 Å². The lowest BCUT2D eigenvalue weighted by Gasteiger charge is -2.07. The highest BCUT2D eigenvalue weighted by Crippen LogP contribution is 2.13. The fraction of sp³-hybridized carbons (Fsp3) is 0.100. The maximum atomic E-state index is 11.9. The van der Waals surface area contributed by atoms with Gasteiger partial charge in [-0.05, 0) is 18.2 Å². The first-order valence-electron chi connectivity index (χ1n) is 5.04. The summed E-state index contributed by atoms with van der Waals surface area (Å²) in [6.07, 6.45) is 4.25. The second kappa shape index (κ2) is 5.07. The van der Waals surface area contributed by atoms with Crippen LogP contribution in [0, 0.1) is 0 Å². The van der Waals surface area contributed by atoms with Crippen LogP contribution in [0.5, 0.6) is 0 Å². The molecule has 0 amide bonds. The molecule has 94 valence electrons. The van der Waals surface area contributed by atoms with Crippen LogP contribution in [-0.4, -0.2) is 23.4 Å². The normalized spacial score (nSPS) is 11.3. The number of nitrogens with zero attached hydrogens (tertiary/aromatic N) is 3. The highest BCUT2D eigenvalue weighted by atomic mass is 32.2. The molecule has 2 aromatic rings. The lowest BCUT2D eigenvalue weighted by atomic mass is 10.4. The molecule has 7 nitrogen and oxygen atoms in total. The zero-order chi connectivity index (χ0) is 13.0. The van der Waals surface area contributed by atoms with Gasteiger partial charge in [0.25, 0.3) is 10.0 Å². The summed E-state index contributed by atoms with van der Waals surface area (Å²) in [5.41, 5.74) is 6.23. The van der Waals surface area contributed by atoms with Crippen LogP contribution < -0.4 is 10.5 Å². The second-order valence-electron chi connectivity index (χ2n) is 3.42. The van der Waals surface area contributed by atoms with Gasteiger partial charge in [-0.2, -0.15) is 0 Å². The minimum Gasteiger partial charge on any atom is -0.396 e. The quantitative estimate of drug-likeness (QED) is 0.800. The molecule has 0 saturated heterocycles. The van der Waals surface area contributed by atoms with Crippen LogP contribution in [0.2, 0.25) is 0 Å². The van der Waals surface area contributed by atoms with Crippen LogP contribution >= 0.6 is 0 Å². The average molecular weight is 265 g/mol. The van der Waals surface area contributed by atoms with Crippen LogP contribution in [0.1, 0.15) is 5.69 Å². The Kier molecular flexibility index (Phi) is 3.49. The van der Waals surface area contributed by atoms with Crippen molar-refractivity contribution in [1.29, 1.82) is 0 Å². The Morgan fingerprint density at radius 2 is 2.06 bits per heavy atom. The molecule has 0 aromatic carbocycles. The van der Waals surface area contributed by atoms with Gasteiger partial charge in [-0.15, -0.1) is 0 Å². The van der Waals surface area contributed by atoms with Crippen molar-refractivity contribution >= 4 is 15.7 Å². The monoisotopic (exact) mass is 265 g/mol. The van der Waals surface area contributed by atoms with Gasteiger partial charge in [-0.3, -0.25) is 0 Å². The molecule has 0 atom stereocenters.